The quantitative estimate of drug-likeness (QED) is 0.313. The number of aliphatic imine (C=N–C) groups is 1. The Morgan fingerprint density at radius 3 is 2.45 bits per heavy atom. The van der Waals surface area contributed by atoms with Gasteiger partial charge >= 0.3 is 5.97 Å². The first-order valence-corrected chi connectivity index (χ1v) is 9.48. The number of hydrogen-bond acceptors (Lipinski definition) is 6. The Labute approximate surface area is 179 Å². The standard InChI is InChI=1S/C22H24N4O5/c1-22(2,3)31-18(27)12-29-16-7-4-14(5-8-16)25-20(28)19-17-9-6-15(26-21(23)24)10-13(17)11-30-19/h4-11H,12H2,1-3H3,(H,25,28)(H4,23,24,26). The highest BCUT2D eigenvalue weighted by Crippen LogP contribution is 2.27. The number of anilines is 1. The van der Waals surface area contributed by atoms with E-state index < -0.39 is 17.5 Å². The molecule has 0 unspecified atom stereocenters. The lowest BCUT2D eigenvalue weighted by atomic mass is 10.1. The summed E-state index contributed by atoms with van der Waals surface area (Å²) < 4.78 is 16.0. The van der Waals surface area contributed by atoms with Gasteiger partial charge in [0.25, 0.3) is 5.91 Å². The van der Waals surface area contributed by atoms with Crippen molar-refractivity contribution in [1.82, 2.24) is 0 Å². The molecule has 3 aromatic rings. The summed E-state index contributed by atoms with van der Waals surface area (Å²) in [4.78, 5) is 28.3. The van der Waals surface area contributed by atoms with Gasteiger partial charge in [-0.25, -0.2) is 9.79 Å². The molecule has 0 saturated carbocycles. The Morgan fingerprint density at radius 2 is 1.81 bits per heavy atom. The number of furan rings is 1. The Bertz CT molecular complexity index is 1120. The topological polar surface area (TPSA) is 142 Å². The van der Waals surface area contributed by atoms with Crippen molar-refractivity contribution in [3.63, 3.8) is 0 Å². The monoisotopic (exact) mass is 424 g/mol. The van der Waals surface area contributed by atoms with Crippen LogP contribution in [-0.4, -0.2) is 30.0 Å². The van der Waals surface area contributed by atoms with Crippen molar-refractivity contribution in [3.05, 3.63) is 54.5 Å². The minimum absolute atomic E-state index is 0.0562. The van der Waals surface area contributed by atoms with Gasteiger partial charge in [0.05, 0.1) is 12.0 Å². The summed E-state index contributed by atoms with van der Waals surface area (Å²) in [5, 5.41) is 4.08. The Balaban J connectivity index is 1.63. The van der Waals surface area contributed by atoms with Crippen LogP contribution in [0.3, 0.4) is 0 Å². The van der Waals surface area contributed by atoms with E-state index in [1.54, 1.807) is 63.2 Å². The van der Waals surface area contributed by atoms with Crippen molar-refractivity contribution in [2.24, 2.45) is 16.5 Å². The van der Waals surface area contributed by atoms with Gasteiger partial charge in [-0.3, -0.25) is 4.79 Å². The van der Waals surface area contributed by atoms with Gasteiger partial charge in [0.15, 0.2) is 18.3 Å². The second-order valence-electron chi connectivity index (χ2n) is 7.73. The van der Waals surface area contributed by atoms with Crippen molar-refractivity contribution >= 4 is 40.0 Å². The largest absolute Gasteiger partial charge is 0.482 e. The predicted molar refractivity (Wildman–Crippen MR) is 117 cm³/mol. The van der Waals surface area contributed by atoms with Crippen LogP contribution in [0.5, 0.6) is 5.75 Å². The maximum absolute atomic E-state index is 12.6. The maximum atomic E-state index is 12.6. The van der Waals surface area contributed by atoms with Crippen LogP contribution in [0, 0.1) is 0 Å². The molecule has 5 N–H and O–H groups in total. The van der Waals surface area contributed by atoms with Gasteiger partial charge < -0.3 is 30.7 Å². The Kier molecular flexibility index (Phi) is 6.15. The number of hydrogen-bond donors (Lipinski definition) is 3. The first-order valence-electron chi connectivity index (χ1n) is 9.48. The van der Waals surface area contributed by atoms with E-state index in [-0.39, 0.29) is 18.3 Å². The molecule has 0 fully saturated rings. The van der Waals surface area contributed by atoms with Crippen LogP contribution in [0.15, 0.2) is 58.1 Å². The van der Waals surface area contributed by atoms with Crippen LogP contribution in [0.4, 0.5) is 11.4 Å². The van der Waals surface area contributed by atoms with E-state index in [9.17, 15) is 9.59 Å². The second-order valence-corrected chi connectivity index (χ2v) is 7.73. The number of amides is 1. The van der Waals surface area contributed by atoms with Crippen molar-refractivity contribution in [2.75, 3.05) is 11.9 Å². The summed E-state index contributed by atoms with van der Waals surface area (Å²) in [7, 11) is 0. The van der Waals surface area contributed by atoms with Crippen LogP contribution >= 0.6 is 0 Å². The van der Waals surface area contributed by atoms with Crippen LogP contribution < -0.4 is 21.5 Å². The number of carbonyl (C=O) groups excluding carboxylic acids is 2. The van der Waals surface area contributed by atoms with Gasteiger partial charge in [-0.1, -0.05) is 0 Å². The van der Waals surface area contributed by atoms with E-state index in [0.29, 0.717) is 27.9 Å². The van der Waals surface area contributed by atoms with E-state index in [1.165, 1.54) is 6.26 Å². The molecule has 0 bridgehead atoms. The summed E-state index contributed by atoms with van der Waals surface area (Å²) >= 11 is 0. The lowest BCUT2D eigenvalue weighted by molar-refractivity contribution is -0.157. The van der Waals surface area contributed by atoms with Crippen molar-refractivity contribution in [3.8, 4) is 5.75 Å². The number of carbonyl (C=O) groups is 2. The number of nitrogens with two attached hydrogens (primary N) is 2. The molecule has 31 heavy (non-hydrogen) atoms. The minimum atomic E-state index is -0.572. The fourth-order valence-corrected chi connectivity index (χ4v) is 2.77. The van der Waals surface area contributed by atoms with Crippen LogP contribution in [0.1, 0.15) is 31.3 Å². The van der Waals surface area contributed by atoms with Crippen molar-refractivity contribution < 1.29 is 23.5 Å². The average Bonchev–Trinajstić information content (AvgIpc) is 3.09. The Morgan fingerprint density at radius 1 is 1.10 bits per heavy atom. The van der Waals surface area contributed by atoms with E-state index in [4.69, 9.17) is 25.4 Å². The molecule has 3 rings (SSSR count). The maximum Gasteiger partial charge on any atom is 0.344 e. The molecule has 1 aromatic heterocycles. The molecule has 1 heterocycles. The fraction of sp³-hybridized carbons (Fsp3) is 0.227. The lowest BCUT2D eigenvalue weighted by Gasteiger charge is -2.19. The first kappa shape index (κ1) is 21.7. The zero-order valence-corrected chi connectivity index (χ0v) is 17.5. The number of ether oxygens (including phenoxy) is 2. The average molecular weight is 424 g/mol. The number of nitrogens with one attached hydrogen (secondary N) is 1. The summed E-state index contributed by atoms with van der Waals surface area (Å²) in [5.41, 5.74) is 11.3. The molecule has 0 saturated heterocycles. The molecule has 0 radical (unpaired) electrons. The molecule has 1 amide bonds. The smallest absolute Gasteiger partial charge is 0.344 e. The molecular formula is C22H24N4O5. The first-order chi connectivity index (χ1) is 14.6. The van der Waals surface area contributed by atoms with Gasteiger partial charge in [-0.2, -0.15) is 0 Å². The van der Waals surface area contributed by atoms with Crippen molar-refractivity contribution in [2.45, 2.75) is 26.4 Å². The molecule has 0 aliphatic heterocycles. The molecule has 0 atom stereocenters. The molecule has 9 nitrogen and oxygen atoms in total. The highest BCUT2D eigenvalue weighted by Gasteiger charge is 2.17. The highest BCUT2D eigenvalue weighted by atomic mass is 16.6. The van der Waals surface area contributed by atoms with Gasteiger partial charge in [-0.05, 0) is 63.2 Å². The normalized spacial score (nSPS) is 11.1. The fourth-order valence-electron chi connectivity index (χ4n) is 2.77. The van der Waals surface area contributed by atoms with Crippen LogP contribution in [-0.2, 0) is 9.53 Å². The summed E-state index contributed by atoms with van der Waals surface area (Å²) in [6.07, 6.45) is 1.46. The van der Waals surface area contributed by atoms with Gasteiger partial charge in [0, 0.05) is 16.5 Å². The third-order valence-electron chi connectivity index (χ3n) is 3.94. The molecule has 0 aliphatic rings. The predicted octanol–water partition coefficient (Wildman–Crippen LogP) is 3.31. The van der Waals surface area contributed by atoms with Crippen LogP contribution in [0.2, 0.25) is 0 Å². The van der Waals surface area contributed by atoms with Crippen molar-refractivity contribution in [1.29, 1.82) is 0 Å². The molecule has 2 aromatic carbocycles. The van der Waals surface area contributed by atoms with Gasteiger partial charge in [0.1, 0.15) is 11.4 Å². The highest BCUT2D eigenvalue weighted by molar-refractivity contribution is 6.11. The Hall–Kier alpha value is -4.01. The van der Waals surface area contributed by atoms with Gasteiger partial charge in [-0.15, -0.1) is 0 Å². The summed E-state index contributed by atoms with van der Waals surface area (Å²) in [6.45, 7) is 5.15. The number of benzene rings is 2. The second kappa shape index (κ2) is 8.78. The minimum Gasteiger partial charge on any atom is -0.482 e. The zero-order chi connectivity index (χ0) is 22.6. The molecular weight excluding hydrogens is 400 g/mol. The van der Waals surface area contributed by atoms with E-state index in [1.807, 2.05) is 0 Å². The van der Waals surface area contributed by atoms with E-state index in [0.717, 1.165) is 0 Å². The molecule has 9 heteroatoms. The van der Waals surface area contributed by atoms with Crippen LogP contribution in [0.25, 0.3) is 10.8 Å². The molecule has 0 spiro atoms. The van der Waals surface area contributed by atoms with E-state index in [2.05, 4.69) is 10.3 Å². The third-order valence-corrected chi connectivity index (χ3v) is 3.94. The number of guanidine groups is 1. The van der Waals surface area contributed by atoms with Gasteiger partial charge in [0.2, 0.25) is 0 Å². The number of rotatable bonds is 6. The summed E-state index contributed by atoms with van der Waals surface area (Å²) in [5.74, 6) is -0.292. The third kappa shape index (κ3) is 5.99. The van der Waals surface area contributed by atoms with E-state index >= 15 is 0 Å². The number of fused-ring (bicyclic) bond motifs is 1. The number of nitrogens with zero attached hydrogens (tertiary/aromatic N) is 1. The lowest BCUT2D eigenvalue weighted by Crippen LogP contribution is -2.27. The SMILES string of the molecule is CC(C)(C)OC(=O)COc1ccc(NC(=O)c2occ3cc(N=C(N)N)ccc23)cc1. The molecule has 162 valence electrons. The molecule has 0 aliphatic carbocycles. The summed E-state index contributed by atoms with van der Waals surface area (Å²) in [6, 6.07) is 11.7. The number of esters is 1. The zero-order valence-electron chi connectivity index (χ0n) is 17.5.